The van der Waals surface area contributed by atoms with Crippen LogP contribution in [0.25, 0.3) is 6.08 Å². The van der Waals surface area contributed by atoms with Gasteiger partial charge in [0, 0.05) is 6.04 Å². The summed E-state index contributed by atoms with van der Waals surface area (Å²) in [5, 5.41) is 10.6. The van der Waals surface area contributed by atoms with Crippen molar-refractivity contribution in [3.8, 4) is 5.75 Å². The summed E-state index contributed by atoms with van der Waals surface area (Å²) in [5.74, 6) is -0.623. The molecule has 0 spiro atoms. The molecule has 2 aromatic carbocycles. The summed E-state index contributed by atoms with van der Waals surface area (Å²) in [5.41, 5.74) is 1.72. The van der Waals surface area contributed by atoms with Gasteiger partial charge in [-0.05, 0) is 78.9 Å². The molecule has 0 bridgehead atoms. The number of carbonyl (C=O) groups excluding carboxylic acids is 1. The average Bonchev–Trinajstić information content (AvgIpc) is 3.23. The molecule has 39 heavy (non-hydrogen) atoms. The second-order valence-corrected chi connectivity index (χ2v) is 12.2. The van der Waals surface area contributed by atoms with Crippen LogP contribution in [0.2, 0.25) is 10.0 Å². The van der Waals surface area contributed by atoms with Crippen LogP contribution in [0, 0.1) is 0 Å². The highest BCUT2D eigenvalue weighted by Gasteiger charge is 2.39. The van der Waals surface area contributed by atoms with Crippen molar-refractivity contribution >= 4 is 58.1 Å². The number of aliphatic imine (C=N–C) groups is 1. The van der Waals surface area contributed by atoms with Gasteiger partial charge in [-0.1, -0.05) is 73.9 Å². The van der Waals surface area contributed by atoms with Crippen LogP contribution in [-0.2, 0) is 11.4 Å². The second-order valence-electron chi connectivity index (χ2n) is 10.4. The lowest BCUT2D eigenvalue weighted by atomic mass is 9.94. The van der Waals surface area contributed by atoms with Gasteiger partial charge in [-0.15, -0.1) is 0 Å². The van der Waals surface area contributed by atoms with E-state index in [0.29, 0.717) is 26.7 Å². The molecule has 6 nitrogen and oxygen atoms in total. The van der Waals surface area contributed by atoms with Gasteiger partial charge >= 0.3 is 5.97 Å². The van der Waals surface area contributed by atoms with Crippen LogP contribution in [0.3, 0.4) is 0 Å². The highest BCUT2D eigenvalue weighted by molar-refractivity contribution is 8.18. The number of nitrogens with zero attached hydrogens (tertiary/aromatic N) is 2. The van der Waals surface area contributed by atoms with Crippen LogP contribution in [0.1, 0.15) is 85.7 Å². The van der Waals surface area contributed by atoms with E-state index >= 15 is 0 Å². The normalized spacial score (nSPS) is 21.2. The lowest BCUT2D eigenvalue weighted by molar-refractivity contribution is -0.124. The van der Waals surface area contributed by atoms with Crippen LogP contribution in [-0.4, -0.2) is 39.1 Å². The van der Waals surface area contributed by atoms with Crippen molar-refractivity contribution in [1.29, 1.82) is 0 Å². The van der Waals surface area contributed by atoms with E-state index in [2.05, 4.69) is 0 Å². The summed E-state index contributed by atoms with van der Waals surface area (Å²) >= 11 is 14.6. The Morgan fingerprint density at radius 3 is 2.23 bits per heavy atom. The molecule has 9 heteroatoms. The predicted octanol–water partition coefficient (Wildman–Crippen LogP) is 8.21. The number of hydrogen-bond acceptors (Lipinski definition) is 5. The summed E-state index contributed by atoms with van der Waals surface area (Å²) in [4.78, 5) is 32.4. The number of ether oxygens (including phenoxy) is 1. The third kappa shape index (κ3) is 6.82. The number of amidine groups is 1. The van der Waals surface area contributed by atoms with Crippen molar-refractivity contribution in [1.82, 2.24) is 4.90 Å². The Kier molecular flexibility index (Phi) is 9.21. The highest BCUT2D eigenvalue weighted by Crippen LogP contribution is 2.40. The van der Waals surface area contributed by atoms with Gasteiger partial charge in [-0.2, -0.15) is 0 Å². The second kappa shape index (κ2) is 12.8. The molecule has 0 radical (unpaired) electrons. The molecule has 2 aromatic rings. The number of thioether (sulfide) groups is 1. The number of carboxylic acids is 1. The van der Waals surface area contributed by atoms with Crippen LogP contribution in [0.5, 0.6) is 5.75 Å². The molecule has 206 valence electrons. The molecule has 1 saturated heterocycles. The number of aromatic carboxylic acids is 1. The fourth-order valence-corrected chi connectivity index (χ4v) is 7.18. The number of carbonyl (C=O) groups is 2. The van der Waals surface area contributed by atoms with E-state index in [0.717, 1.165) is 54.8 Å². The minimum absolute atomic E-state index is 0.0128. The van der Waals surface area contributed by atoms with Crippen molar-refractivity contribution < 1.29 is 19.4 Å². The van der Waals surface area contributed by atoms with Gasteiger partial charge in [0.15, 0.2) is 10.9 Å². The van der Waals surface area contributed by atoms with E-state index in [1.807, 2.05) is 11.0 Å². The van der Waals surface area contributed by atoms with Gasteiger partial charge in [0.1, 0.15) is 6.61 Å². The van der Waals surface area contributed by atoms with E-state index < -0.39 is 5.97 Å². The lowest BCUT2D eigenvalue weighted by Gasteiger charge is -2.31. The molecule has 2 saturated carbocycles. The molecule has 0 aromatic heterocycles. The minimum Gasteiger partial charge on any atom is -0.486 e. The topological polar surface area (TPSA) is 79.2 Å². The third-order valence-electron chi connectivity index (χ3n) is 7.55. The van der Waals surface area contributed by atoms with E-state index in [-0.39, 0.29) is 24.1 Å². The van der Waals surface area contributed by atoms with Crippen molar-refractivity contribution in [3.05, 3.63) is 68.0 Å². The van der Waals surface area contributed by atoms with E-state index in [9.17, 15) is 9.59 Å². The summed E-state index contributed by atoms with van der Waals surface area (Å²) in [6.45, 7) is 0.186. The molecule has 1 amide bonds. The van der Waals surface area contributed by atoms with Gasteiger partial charge in [-0.3, -0.25) is 14.7 Å². The Balaban J connectivity index is 1.34. The molecule has 1 heterocycles. The predicted molar refractivity (Wildman–Crippen MR) is 158 cm³/mol. The third-order valence-corrected chi connectivity index (χ3v) is 9.11. The van der Waals surface area contributed by atoms with Crippen molar-refractivity contribution in [3.63, 3.8) is 0 Å². The molecule has 1 N–H and O–H groups in total. The Morgan fingerprint density at radius 1 is 1.00 bits per heavy atom. The number of benzene rings is 2. The zero-order chi connectivity index (χ0) is 27.4. The Bertz CT molecular complexity index is 1260. The standard InChI is InChI=1S/C30H32Cl2N2O4S/c31-24-15-20(16-25(32)27(24)38-18-19-11-13-21(14-12-19)29(36)37)17-26-28(35)34(23-9-5-2-6-10-23)30(39-26)33-22-7-3-1-4-8-22/h11-17,22-23H,1-10,18H2,(H,36,37). The van der Waals surface area contributed by atoms with Crippen molar-refractivity contribution in [2.24, 2.45) is 4.99 Å². The Labute approximate surface area is 243 Å². The summed E-state index contributed by atoms with van der Waals surface area (Å²) in [6.07, 6.45) is 13.2. The zero-order valence-corrected chi connectivity index (χ0v) is 24.0. The summed E-state index contributed by atoms with van der Waals surface area (Å²) in [7, 11) is 0. The fraction of sp³-hybridized carbons (Fsp3) is 0.433. The van der Waals surface area contributed by atoms with Crippen LogP contribution < -0.4 is 4.74 Å². The molecular formula is C30H32Cl2N2O4S. The smallest absolute Gasteiger partial charge is 0.335 e. The first-order chi connectivity index (χ1) is 18.9. The first kappa shape index (κ1) is 28.1. The van der Waals surface area contributed by atoms with E-state index in [4.69, 9.17) is 38.0 Å². The van der Waals surface area contributed by atoms with Gasteiger partial charge < -0.3 is 9.84 Å². The maximum atomic E-state index is 13.7. The van der Waals surface area contributed by atoms with Crippen LogP contribution in [0.15, 0.2) is 46.3 Å². The average molecular weight is 588 g/mol. The number of hydrogen-bond donors (Lipinski definition) is 1. The highest BCUT2D eigenvalue weighted by atomic mass is 35.5. The molecule has 0 unspecified atom stereocenters. The van der Waals surface area contributed by atoms with Gasteiger partial charge in [0.2, 0.25) is 0 Å². The number of carboxylic acid groups (broad SMARTS) is 1. The number of rotatable bonds is 7. The first-order valence-corrected chi connectivity index (χ1v) is 15.2. The molecule has 3 fully saturated rings. The van der Waals surface area contributed by atoms with Gasteiger partial charge in [0.05, 0.1) is 26.6 Å². The zero-order valence-electron chi connectivity index (χ0n) is 21.7. The van der Waals surface area contributed by atoms with Gasteiger partial charge in [0.25, 0.3) is 5.91 Å². The van der Waals surface area contributed by atoms with Crippen LogP contribution in [0.4, 0.5) is 0 Å². The van der Waals surface area contributed by atoms with Crippen molar-refractivity contribution in [2.45, 2.75) is 82.9 Å². The summed E-state index contributed by atoms with van der Waals surface area (Å²) in [6, 6.07) is 10.4. The SMILES string of the molecule is O=C(O)c1ccc(COc2c(Cl)cc(C=C3SC(=NC4CCCCC4)N(C4CCCCC4)C3=O)cc2Cl)cc1. The number of halogens is 2. The maximum absolute atomic E-state index is 13.7. The van der Waals surface area contributed by atoms with Crippen LogP contribution >= 0.6 is 35.0 Å². The van der Waals surface area contributed by atoms with E-state index in [1.165, 1.54) is 49.6 Å². The van der Waals surface area contributed by atoms with Crippen molar-refractivity contribution in [2.75, 3.05) is 0 Å². The maximum Gasteiger partial charge on any atom is 0.335 e. The largest absolute Gasteiger partial charge is 0.486 e. The minimum atomic E-state index is -0.980. The molecule has 1 aliphatic heterocycles. The van der Waals surface area contributed by atoms with E-state index in [1.54, 1.807) is 24.3 Å². The Morgan fingerprint density at radius 2 is 1.62 bits per heavy atom. The molecule has 0 atom stereocenters. The quantitative estimate of drug-likeness (QED) is 0.330. The first-order valence-electron chi connectivity index (χ1n) is 13.6. The van der Waals surface area contributed by atoms with Gasteiger partial charge in [-0.25, -0.2) is 4.79 Å². The Hall–Kier alpha value is -2.48. The molecule has 5 rings (SSSR count). The number of amides is 1. The summed E-state index contributed by atoms with van der Waals surface area (Å²) < 4.78 is 5.87. The molecular weight excluding hydrogens is 555 g/mol. The monoisotopic (exact) mass is 586 g/mol. The lowest BCUT2D eigenvalue weighted by Crippen LogP contribution is -2.41. The molecule has 3 aliphatic rings. The molecule has 2 aliphatic carbocycles. The fourth-order valence-electron chi connectivity index (χ4n) is 5.46.